The fraction of sp³-hybridized carbons (Fsp3) is 0.227. The molecule has 142 valence electrons. The van der Waals surface area contributed by atoms with Crippen molar-refractivity contribution in [1.82, 2.24) is 10.3 Å². The van der Waals surface area contributed by atoms with E-state index in [1.165, 1.54) is 5.56 Å². The summed E-state index contributed by atoms with van der Waals surface area (Å²) in [6.07, 6.45) is 2.62. The molecule has 1 aliphatic rings. The fourth-order valence-electron chi connectivity index (χ4n) is 3.61. The highest BCUT2D eigenvalue weighted by Crippen LogP contribution is 2.24. The minimum absolute atomic E-state index is 0.0738. The summed E-state index contributed by atoms with van der Waals surface area (Å²) in [6.45, 7) is 1.08. The maximum Gasteiger partial charge on any atom is 0.251 e. The van der Waals surface area contributed by atoms with E-state index in [1.54, 1.807) is 24.3 Å². The lowest BCUT2D eigenvalue weighted by atomic mass is 9.93. The summed E-state index contributed by atoms with van der Waals surface area (Å²) in [5.41, 5.74) is 8.28. The van der Waals surface area contributed by atoms with Crippen LogP contribution >= 0.6 is 0 Å². The third kappa shape index (κ3) is 3.73. The van der Waals surface area contributed by atoms with Gasteiger partial charge in [0.15, 0.2) is 0 Å². The number of primary amides is 1. The van der Waals surface area contributed by atoms with Crippen LogP contribution in [0.1, 0.15) is 26.3 Å². The topological polar surface area (TPSA) is 94.3 Å². The van der Waals surface area contributed by atoms with Gasteiger partial charge in [-0.15, -0.1) is 0 Å². The van der Waals surface area contributed by atoms with Gasteiger partial charge in [-0.3, -0.25) is 14.6 Å². The van der Waals surface area contributed by atoms with Gasteiger partial charge in [0, 0.05) is 28.6 Å². The van der Waals surface area contributed by atoms with Gasteiger partial charge in [-0.2, -0.15) is 0 Å². The summed E-state index contributed by atoms with van der Waals surface area (Å²) in [5.74, 6) is -0.517. The number of benzene rings is 2. The van der Waals surface area contributed by atoms with E-state index in [9.17, 15) is 9.59 Å². The lowest BCUT2D eigenvalue weighted by Gasteiger charge is -2.20. The van der Waals surface area contributed by atoms with Crippen molar-refractivity contribution in [3.05, 3.63) is 77.5 Å². The van der Waals surface area contributed by atoms with Crippen LogP contribution in [0.25, 0.3) is 10.9 Å². The number of nitrogens with two attached hydrogens (primary N) is 1. The molecule has 0 saturated carbocycles. The first kappa shape index (κ1) is 18.1. The fourth-order valence-corrected chi connectivity index (χ4v) is 3.61. The Morgan fingerprint density at radius 3 is 2.57 bits per heavy atom. The second-order valence-electron chi connectivity index (χ2n) is 7.01. The molecule has 2 aromatic carbocycles. The summed E-state index contributed by atoms with van der Waals surface area (Å²) >= 11 is 0. The van der Waals surface area contributed by atoms with E-state index < -0.39 is 5.91 Å². The number of rotatable bonds is 5. The second kappa shape index (κ2) is 7.78. The summed E-state index contributed by atoms with van der Waals surface area (Å²) in [7, 11) is 0. The number of para-hydroxylation sites is 1. The number of carbonyl (C=O) groups excluding carboxylic acids is 2. The van der Waals surface area contributed by atoms with Crippen molar-refractivity contribution in [2.24, 2.45) is 11.7 Å². The van der Waals surface area contributed by atoms with Crippen LogP contribution in [0.2, 0.25) is 0 Å². The SMILES string of the molecule is NC(=O)c1ccc(C(=O)N[C@@H]2COC[C@H]2Cc2ccnc3ccccc23)cc1. The zero-order valence-electron chi connectivity index (χ0n) is 15.3. The third-order valence-corrected chi connectivity index (χ3v) is 5.17. The van der Waals surface area contributed by atoms with Gasteiger partial charge in [0.1, 0.15) is 0 Å². The first-order valence-electron chi connectivity index (χ1n) is 9.23. The molecule has 3 aromatic rings. The van der Waals surface area contributed by atoms with Crippen molar-refractivity contribution in [2.45, 2.75) is 12.5 Å². The summed E-state index contributed by atoms with van der Waals surface area (Å²) in [6, 6.07) is 16.3. The van der Waals surface area contributed by atoms with Crippen molar-refractivity contribution in [3.8, 4) is 0 Å². The normalized spacial score (nSPS) is 18.9. The van der Waals surface area contributed by atoms with Gasteiger partial charge in [-0.1, -0.05) is 18.2 Å². The standard InChI is InChI=1S/C22H21N3O3/c23-21(26)14-5-7-15(8-6-14)22(27)25-20-13-28-12-17(20)11-16-9-10-24-19-4-2-1-3-18(16)19/h1-10,17,20H,11-13H2,(H2,23,26)(H,25,27)/t17-,20-/m1/s1. The lowest BCUT2D eigenvalue weighted by Crippen LogP contribution is -2.40. The third-order valence-electron chi connectivity index (χ3n) is 5.17. The van der Waals surface area contributed by atoms with E-state index in [0.717, 1.165) is 17.3 Å². The molecule has 1 saturated heterocycles. The molecule has 4 rings (SSSR count). The van der Waals surface area contributed by atoms with E-state index in [-0.39, 0.29) is 17.9 Å². The summed E-state index contributed by atoms with van der Waals surface area (Å²) in [5, 5.41) is 4.20. The number of nitrogens with one attached hydrogen (secondary N) is 1. The second-order valence-corrected chi connectivity index (χ2v) is 7.01. The van der Waals surface area contributed by atoms with Crippen LogP contribution in [-0.4, -0.2) is 36.1 Å². The lowest BCUT2D eigenvalue weighted by molar-refractivity contribution is 0.0923. The van der Waals surface area contributed by atoms with Crippen LogP contribution < -0.4 is 11.1 Å². The predicted molar refractivity (Wildman–Crippen MR) is 106 cm³/mol. The number of pyridine rings is 1. The predicted octanol–water partition coefficient (Wildman–Crippen LogP) is 2.32. The van der Waals surface area contributed by atoms with Crippen molar-refractivity contribution in [3.63, 3.8) is 0 Å². The van der Waals surface area contributed by atoms with Gasteiger partial charge in [0.05, 0.1) is 24.8 Å². The first-order valence-corrected chi connectivity index (χ1v) is 9.23. The van der Waals surface area contributed by atoms with E-state index in [2.05, 4.69) is 16.4 Å². The molecule has 28 heavy (non-hydrogen) atoms. The average Bonchev–Trinajstić information content (AvgIpc) is 3.15. The van der Waals surface area contributed by atoms with Gasteiger partial charge >= 0.3 is 0 Å². The Kier molecular flexibility index (Phi) is 5.04. The molecule has 3 N–H and O–H groups in total. The Labute approximate surface area is 162 Å². The largest absolute Gasteiger partial charge is 0.379 e. The van der Waals surface area contributed by atoms with E-state index in [4.69, 9.17) is 10.5 Å². The number of ether oxygens (including phenoxy) is 1. The Bertz CT molecular complexity index is 1010. The molecule has 0 aliphatic carbocycles. The Morgan fingerprint density at radius 1 is 1.04 bits per heavy atom. The van der Waals surface area contributed by atoms with E-state index in [0.29, 0.717) is 24.3 Å². The molecule has 0 radical (unpaired) electrons. The van der Waals surface area contributed by atoms with Crippen LogP contribution in [0, 0.1) is 5.92 Å². The molecule has 2 atom stereocenters. The Morgan fingerprint density at radius 2 is 1.79 bits per heavy atom. The average molecular weight is 375 g/mol. The molecule has 6 nitrogen and oxygen atoms in total. The molecule has 2 heterocycles. The zero-order valence-corrected chi connectivity index (χ0v) is 15.3. The highest BCUT2D eigenvalue weighted by atomic mass is 16.5. The maximum atomic E-state index is 12.6. The van der Waals surface area contributed by atoms with Gasteiger partial charge in [0.2, 0.25) is 5.91 Å². The molecule has 2 amide bonds. The van der Waals surface area contributed by atoms with E-state index in [1.807, 2.05) is 30.5 Å². The van der Waals surface area contributed by atoms with Crippen molar-refractivity contribution in [1.29, 1.82) is 0 Å². The molecule has 0 unspecified atom stereocenters. The van der Waals surface area contributed by atoms with Crippen LogP contribution in [0.15, 0.2) is 60.8 Å². The first-order chi connectivity index (χ1) is 13.6. The maximum absolute atomic E-state index is 12.6. The van der Waals surface area contributed by atoms with Crippen LogP contribution in [0.5, 0.6) is 0 Å². The minimum atomic E-state index is -0.513. The molecular weight excluding hydrogens is 354 g/mol. The zero-order chi connectivity index (χ0) is 19.5. The highest BCUT2D eigenvalue weighted by Gasteiger charge is 2.30. The number of hydrogen-bond donors (Lipinski definition) is 2. The monoisotopic (exact) mass is 375 g/mol. The molecule has 6 heteroatoms. The van der Waals surface area contributed by atoms with E-state index >= 15 is 0 Å². The van der Waals surface area contributed by atoms with Gasteiger partial charge in [-0.25, -0.2) is 0 Å². The molecule has 1 fully saturated rings. The summed E-state index contributed by atoms with van der Waals surface area (Å²) in [4.78, 5) is 28.2. The Balaban J connectivity index is 1.47. The van der Waals surface area contributed by atoms with Crippen LogP contribution in [0.3, 0.4) is 0 Å². The van der Waals surface area contributed by atoms with Gasteiger partial charge in [0.25, 0.3) is 5.91 Å². The number of aromatic nitrogens is 1. The van der Waals surface area contributed by atoms with Crippen molar-refractivity contribution < 1.29 is 14.3 Å². The van der Waals surface area contributed by atoms with Gasteiger partial charge in [-0.05, 0) is 48.4 Å². The summed E-state index contributed by atoms with van der Waals surface area (Å²) < 4.78 is 5.65. The molecule has 0 bridgehead atoms. The number of amides is 2. The number of nitrogens with zero attached hydrogens (tertiary/aromatic N) is 1. The minimum Gasteiger partial charge on any atom is -0.379 e. The quantitative estimate of drug-likeness (QED) is 0.716. The molecule has 1 aliphatic heterocycles. The number of hydrogen-bond acceptors (Lipinski definition) is 4. The Hall–Kier alpha value is -3.25. The molecular formula is C22H21N3O3. The smallest absolute Gasteiger partial charge is 0.251 e. The van der Waals surface area contributed by atoms with Gasteiger partial charge < -0.3 is 15.8 Å². The molecule has 0 spiro atoms. The number of carbonyl (C=O) groups is 2. The number of fused-ring (bicyclic) bond motifs is 1. The van der Waals surface area contributed by atoms with Crippen LogP contribution in [0.4, 0.5) is 0 Å². The van der Waals surface area contributed by atoms with Crippen molar-refractivity contribution in [2.75, 3.05) is 13.2 Å². The van der Waals surface area contributed by atoms with Crippen molar-refractivity contribution >= 4 is 22.7 Å². The highest BCUT2D eigenvalue weighted by molar-refractivity contribution is 5.97. The molecule has 1 aromatic heterocycles. The van der Waals surface area contributed by atoms with Crippen LogP contribution in [-0.2, 0) is 11.2 Å².